The molecular formula is C13H23NO2Si. The first kappa shape index (κ1) is 14.3. The van der Waals surface area contributed by atoms with Crippen LogP contribution in [-0.2, 0) is 4.79 Å². The molecule has 0 aliphatic carbocycles. The predicted molar refractivity (Wildman–Crippen MR) is 71.8 cm³/mol. The van der Waals surface area contributed by atoms with Crippen LogP contribution in [0.4, 0.5) is 0 Å². The standard InChI is InChI=1S/C13H23NO2Si/c1-8-10-11(9(2)15)12(16)14(10)17(6,7)13(3,4)5/h1,9-11,15H,2-7H3. The molecule has 0 bridgehead atoms. The van der Waals surface area contributed by atoms with Gasteiger partial charge in [-0.25, -0.2) is 0 Å². The van der Waals surface area contributed by atoms with Gasteiger partial charge in [0.15, 0.2) is 8.24 Å². The highest BCUT2D eigenvalue weighted by molar-refractivity contribution is 6.80. The lowest BCUT2D eigenvalue weighted by Gasteiger charge is -2.57. The summed E-state index contributed by atoms with van der Waals surface area (Å²) in [4.78, 5) is 12.2. The summed E-state index contributed by atoms with van der Waals surface area (Å²) in [5, 5.41) is 9.67. The average molecular weight is 253 g/mol. The highest BCUT2D eigenvalue weighted by Gasteiger charge is 2.57. The van der Waals surface area contributed by atoms with Gasteiger partial charge in [0.1, 0.15) is 0 Å². The largest absolute Gasteiger partial charge is 0.392 e. The van der Waals surface area contributed by atoms with Gasteiger partial charge in [-0.2, -0.15) is 0 Å². The van der Waals surface area contributed by atoms with Gasteiger partial charge in [-0.3, -0.25) is 4.79 Å². The number of aliphatic hydroxyl groups excluding tert-OH is 1. The van der Waals surface area contributed by atoms with Crippen LogP contribution in [0.2, 0.25) is 18.1 Å². The number of amides is 1. The van der Waals surface area contributed by atoms with Gasteiger partial charge in [0.05, 0.1) is 18.1 Å². The van der Waals surface area contributed by atoms with Crippen molar-refractivity contribution in [3.63, 3.8) is 0 Å². The Hall–Kier alpha value is -0.793. The van der Waals surface area contributed by atoms with E-state index in [4.69, 9.17) is 6.42 Å². The first-order valence-corrected chi connectivity index (χ1v) is 8.97. The zero-order chi connectivity index (χ0) is 13.6. The molecule has 0 radical (unpaired) electrons. The molecule has 1 amide bonds. The Morgan fingerprint density at radius 2 is 1.94 bits per heavy atom. The molecule has 0 aromatic rings. The van der Waals surface area contributed by atoms with E-state index >= 15 is 0 Å². The second kappa shape index (κ2) is 4.15. The fourth-order valence-corrected chi connectivity index (χ4v) is 4.50. The summed E-state index contributed by atoms with van der Waals surface area (Å²) in [5.41, 5.74) is 0. The van der Waals surface area contributed by atoms with Gasteiger partial charge in [0.25, 0.3) is 0 Å². The molecule has 0 saturated carbocycles. The molecule has 1 aliphatic heterocycles. The number of carbonyl (C=O) groups is 1. The summed E-state index contributed by atoms with van der Waals surface area (Å²) in [5.74, 6) is 2.29. The summed E-state index contributed by atoms with van der Waals surface area (Å²) in [7, 11) is -1.93. The van der Waals surface area contributed by atoms with E-state index in [-0.39, 0.29) is 17.0 Å². The van der Waals surface area contributed by atoms with E-state index in [9.17, 15) is 9.90 Å². The average Bonchev–Trinajstić information content (AvgIpc) is 2.10. The quantitative estimate of drug-likeness (QED) is 0.463. The third-order valence-corrected chi connectivity index (χ3v) is 9.64. The van der Waals surface area contributed by atoms with Crippen molar-refractivity contribution < 1.29 is 9.90 Å². The molecule has 17 heavy (non-hydrogen) atoms. The number of aliphatic hydroxyl groups is 1. The van der Waals surface area contributed by atoms with Crippen molar-refractivity contribution in [3.8, 4) is 12.3 Å². The maximum atomic E-state index is 12.2. The van der Waals surface area contributed by atoms with E-state index in [0.717, 1.165) is 0 Å². The van der Waals surface area contributed by atoms with E-state index in [1.807, 2.05) is 4.57 Å². The first-order chi connectivity index (χ1) is 7.55. The van der Waals surface area contributed by atoms with E-state index in [1.165, 1.54) is 0 Å². The van der Waals surface area contributed by atoms with Crippen molar-refractivity contribution in [1.29, 1.82) is 0 Å². The zero-order valence-corrected chi connectivity index (χ0v) is 12.6. The highest BCUT2D eigenvalue weighted by Crippen LogP contribution is 2.45. The molecule has 3 atom stereocenters. The van der Waals surface area contributed by atoms with Crippen LogP contribution in [0.15, 0.2) is 0 Å². The molecule has 0 aromatic carbocycles. The molecule has 0 spiro atoms. The molecule has 0 aromatic heterocycles. The van der Waals surface area contributed by atoms with E-state index < -0.39 is 20.3 Å². The zero-order valence-electron chi connectivity index (χ0n) is 11.6. The van der Waals surface area contributed by atoms with E-state index in [1.54, 1.807) is 6.92 Å². The fraction of sp³-hybridized carbons (Fsp3) is 0.769. The summed E-state index contributed by atoms with van der Waals surface area (Å²) in [6, 6.07) is -0.233. The van der Waals surface area contributed by atoms with Crippen molar-refractivity contribution in [1.82, 2.24) is 4.57 Å². The normalized spacial score (nSPS) is 27.4. The van der Waals surface area contributed by atoms with Gasteiger partial charge in [0.2, 0.25) is 5.91 Å². The fourth-order valence-electron chi connectivity index (χ4n) is 2.14. The number of rotatable bonds is 2. The first-order valence-electron chi connectivity index (χ1n) is 6.03. The molecule has 3 unspecified atom stereocenters. The van der Waals surface area contributed by atoms with Gasteiger partial charge in [0, 0.05) is 0 Å². The lowest BCUT2D eigenvalue weighted by molar-refractivity contribution is -0.151. The minimum Gasteiger partial charge on any atom is -0.392 e. The van der Waals surface area contributed by atoms with Gasteiger partial charge in [-0.05, 0) is 12.0 Å². The highest BCUT2D eigenvalue weighted by atomic mass is 28.3. The van der Waals surface area contributed by atoms with Crippen LogP contribution in [0.3, 0.4) is 0 Å². The van der Waals surface area contributed by atoms with Crippen molar-refractivity contribution >= 4 is 14.1 Å². The maximum Gasteiger partial charge on any atom is 0.224 e. The molecule has 1 N–H and O–H groups in total. The third kappa shape index (κ3) is 2.02. The van der Waals surface area contributed by atoms with Crippen LogP contribution >= 0.6 is 0 Å². The third-order valence-electron chi connectivity index (χ3n) is 4.27. The summed E-state index contributed by atoms with van der Waals surface area (Å²) in [6.45, 7) is 12.4. The van der Waals surface area contributed by atoms with Crippen molar-refractivity contribution in [2.24, 2.45) is 5.92 Å². The molecule has 1 fully saturated rings. The molecule has 4 heteroatoms. The van der Waals surface area contributed by atoms with Crippen molar-refractivity contribution in [2.45, 2.75) is 58.0 Å². The molecule has 96 valence electrons. The smallest absolute Gasteiger partial charge is 0.224 e. The summed E-state index contributed by atoms with van der Waals surface area (Å²) >= 11 is 0. The van der Waals surface area contributed by atoms with E-state index in [0.29, 0.717) is 0 Å². The second-order valence-electron chi connectivity index (χ2n) is 6.40. The molecular weight excluding hydrogens is 230 g/mol. The topological polar surface area (TPSA) is 40.5 Å². The Bertz CT molecular complexity index is 363. The van der Waals surface area contributed by atoms with Crippen LogP contribution in [0.1, 0.15) is 27.7 Å². The Balaban J connectivity index is 3.04. The number of hydrogen-bond acceptors (Lipinski definition) is 2. The second-order valence-corrected chi connectivity index (χ2v) is 11.5. The van der Waals surface area contributed by atoms with Crippen LogP contribution in [0.25, 0.3) is 0 Å². The molecule has 1 saturated heterocycles. The molecule has 1 heterocycles. The lowest BCUT2D eigenvalue weighted by atomic mass is 9.86. The van der Waals surface area contributed by atoms with Gasteiger partial charge in [-0.15, -0.1) is 6.42 Å². The Labute approximate surface area is 105 Å². The van der Waals surface area contributed by atoms with Crippen molar-refractivity contribution in [3.05, 3.63) is 0 Å². The lowest BCUT2D eigenvalue weighted by Crippen LogP contribution is -2.74. The van der Waals surface area contributed by atoms with Crippen LogP contribution in [0, 0.1) is 18.3 Å². The van der Waals surface area contributed by atoms with Crippen LogP contribution < -0.4 is 0 Å². The Morgan fingerprint density at radius 3 is 2.24 bits per heavy atom. The minimum absolute atomic E-state index is 0.0227. The molecule has 1 aliphatic rings. The summed E-state index contributed by atoms with van der Waals surface area (Å²) in [6.07, 6.45) is 4.86. The minimum atomic E-state index is -1.93. The Morgan fingerprint density at radius 1 is 1.47 bits per heavy atom. The summed E-state index contributed by atoms with van der Waals surface area (Å²) < 4.78 is 1.88. The number of β-lactam (4-membered cyclic amide) rings is 1. The monoisotopic (exact) mass is 253 g/mol. The van der Waals surface area contributed by atoms with Crippen molar-refractivity contribution in [2.75, 3.05) is 0 Å². The van der Waals surface area contributed by atoms with Crippen LogP contribution in [-0.4, -0.2) is 36.0 Å². The number of terminal acetylenes is 1. The predicted octanol–water partition coefficient (Wildman–Crippen LogP) is 1.83. The molecule has 1 rings (SSSR count). The SMILES string of the molecule is C#CC1C(C(C)O)C(=O)N1[Si](C)(C)C(C)(C)C. The number of nitrogens with zero attached hydrogens (tertiary/aromatic N) is 1. The van der Waals surface area contributed by atoms with E-state index in [2.05, 4.69) is 39.8 Å². The van der Waals surface area contributed by atoms with Gasteiger partial charge < -0.3 is 9.67 Å². The number of hydrogen-bond donors (Lipinski definition) is 1. The number of carbonyl (C=O) groups excluding carboxylic acids is 1. The van der Waals surface area contributed by atoms with Gasteiger partial charge >= 0.3 is 0 Å². The Kier molecular flexibility index (Phi) is 3.48. The van der Waals surface area contributed by atoms with Gasteiger partial charge in [-0.1, -0.05) is 39.8 Å². The molecule has 3 nitrogen and oxygen atoms in total. The maximum absolute atomic E-state index is 12.2. The van der Waals surface area contributed by atoms with Crippen LogP contribution in [0.5, 0.6) is 0 Å².